The molecule has 0 aliphatic carbocycles. The van der Waals surface area contributed by atoms with E-state index in [4.69, 9.17) is 14.5 Å². The summed E-state index contributed by atoms with van der Waals surface area (Å²) in [5, 5.41) is 14.2. The van der Waals surface area contributed by atoms with Gasteiger partial charge in [-0.25, -0.2) is 19.8 Å². The Hall–Kier alpha value is -5.18. The van der Waals surface area contributed by atoms with Crippen LogP contribution in [0.25, 0.3) is 0 Å². The number of hydrogen-bond donors (Lipinski definition) is 2. The minimum absolute atomic E-state index is 0. The molecule has 12 heteroatoms. The SMILES string of the molecule is COc1ccc([C@@H]2N=C(NC3=[N+](Cc4cc([Si](C)(C)C)cc([Si](C)(C)C)c4)[C@@H](c4ccccc4)[C@H](c4ccccc4)N3Cc3cc([Si](C)(C)C)cc([Si](C)(C)C)c3)N[C@H]2c2ccc(OC)cc2)cc1.[Cl-]. The summed E-state index contributed by atoms with van der Waals surface area (Å²) in [6.07, 6.45) is 0. The minimum atomic E-state index is -1.69. The second-order valence-electron chi connectivity index (χ2n) is 23.3. The highest BCUT2D eigenvalue weighted by Gasteiger charge is 2.50. The summed E-state index contributed by atoms with van der Waals surface area (Å²) in [5.74, 6) is 3.45. The summed E-state index contributed by atoms with van der Waals surface area (Å²) in [6, 6.07) is 54.1. The quantitative estimate of drug-likeness (QED) is 0.0863. The number of aliphatic imine (C=N–C) groups is 1. The van der Waals surface area contributed by atoms with Crippen molar-refractivity contribution in [2.24, 2.45) is 4.99 Å². The Labute approximate surface area is 429 Å². The van der Waals surface area contributed by atoms with Gasteiger partial charge in [-0.15, -0.1) is 0 Å². The number of nitrogens with one attached hydrogen (secondary N) is 2. The molecule has 7 nitrogen and oxygen atoms in total. The summed E-state index contributed by atoms with van der Waals surface area (Å²) in [4.78, 5) is 8.29. The van der Waals surface area contributed by atoms with Gasteiger partial charge in [-0.1, -0.05) is 221 Å². The van der Waals surface area contributed by atoms with Crippen molar-refractivity contribution in [3.8, 4) is 11.5 Å². The third-order valence-electron chi connectivity index (χ3n) is 14.0. The van der Waals surface area contributed by atoms with E-state index in [0.717, 1.165) is 47.6 Å². The Balaban J connectivity index is 0.00000722. The molecule has 4 atom stereocenters. The van der Waals surface area contributed by atoms with E-state index in [-0.39, 0.29) is 36.6 Å². The zero-order valence-electron chi connectivity index (χ0n) is 44.1. The van der Waals surface area contributed by atoms with Crippen molar-refractivity contribution in [3.63, 3.8) is 0 Å². The van der Waals surface area contributed by atoms with E-state index in [9.17, 15) is 0 Å². The van der Waals surface area contributed by atoms with Crippen molar-refractivity contribution >= 4 is 65.0 Å². The molecule has 2 aliphatic heterocycles. The third-order valence-corrected chi connectivity index (χ3v) is 22.1. The smallest absolute Gasteiger partial charge is 0.357 e. The van der Waals surface area contributed by atoms with Crippen LogP contribution in [-0.4, -0.2) is 67.9 Å². The van der Waals surface area contributed by atoms with Gasteiger partial charge in [-0.2, -0.15) is 0 Å². The van der Waals surface area contributed by atoms with Crippen LogP contribution < -0.4 is 53.3 Å². The van der Waals surface area contributed by atoms with Gasteiger partial charge in [0.15, 0.2) is 0 Å². The lowest BCUT2D eigenvalue weighted by molar-refractivity contribution is -0.583. The van der Waals surface area contributed by atoms with Crippen LogP contribution in [-0.2, 0) is 13.1 Å². The maximum absolute atomic E-state index is 5.62. The average Bonchev–Trinajstić information content (AvgIpc) is 3.87. The predicted octanol–water partition coefficient (Wildman–Crippen LogP) is 7.79. The summed E-state index contributed by atoms with van der Waals surface area (Å²) in [7, 11) is -3.33. The zero-order valence-corrected chi connectivity index (χ0v) is 48.9. The summed E-state index contributed by atoms with van der Waals surface area (Å²) in [6.45, 7) is 31.3. The van der Waals surface area contributed by atoms with Gasteiger partial charge < -0.3 is 27.2 Å². The first kappa shape index (κ1) is 52.6. The first-order valence-electron chi connectivity index (χ1n) is 24.8. The molecule has 0 unspecified atom stereocenters. The molecule has 0 spiro atoms. The lowest BCUT2D eigenvalue weighted by Crippen LogP contribution is -3.00. The molecule has 0 radical (unpaired) electrons. The van der Waals surface area contributed by atoms with Crippen LogP contribution in [0.4, 0.5) is 0 Å². The molecule has 0 saturated heterocycles. The molecule has 0 bridgehead atoms. The van der Waals surface area contributed by atoms with Crippen molar-refractivity contribution < 1.29 is 26.5 Å². The number of nitrogens with zero attached hydrogens (tertiary/aromatic N) is 3. The van der Waals surface area contributed by atoms with Crippen LogP contribution in [0.3, 0.4) is 0 Å². The van der Waals surface area contributed by atoms with E-state index in [1.54, 1.807) is 14.2 Å². The molecule has 6 aromatic carbocycles. The van der Waals surface area contributed by atoms with E-state index < -0.39 is 32.3 Å². The highest BCUT2D eigenvalue weighted by Crippen LogP contribution is 2.44. The molecule has 8 rings (SSSR count). The molecule has 2 aliphatic rings. The fraction of sp³-hybridized carbons (Fsp3) is 0.345. The number of benzene rings is 6. The number of guanidine groups is 2. The number of rotatable bonds is 14. The van der Waals surface area contributed by atoms with E-state index in [1.807, 2.05) is 24.3 Å². The van der Waals surface area contributed by atoms with Crippen molar-refractivity contribution in [2.75, 3.05) is 14.2 Å². The maximum atomic E-state index is 5.62. The van der Waals surface area contributed by atoms with Gasteiger partial charge in [0.2, 0.25) is 0 Å². The number of hydrogen-bond acceptors (Lipinski definition) is 6. The van der Waals surface area contributed by atoms with Crippen LogP contribution in [0.15, 0.2) is 151 Å². The Morgan fingerprint density at radius 1 is 0.529 bits per heavy atom. The van der Waals surface area contributed by atoms with Crippen LogP contribution in [0.5, 0.6) is 11.5 Å². The predicted molar refractivity (Wildman–Crippen MR) is 303 cm³/mol. The van der Waals surface area contributed by atoms with Crippen molar-refractivity contribution in [2.45, 2.75) is 116 Å². The molecule has 2 heterocycles. The Morgan fingerprint density at radius 3 is 1.40 bits per heavy atom. The molecule has 0 amide bonds. The van der Waals surface area contributed by atoms with E-state index in [0.29, 0.717) is 0 Å². The molecule has 368 valence electrons. The lowest BCUT2D eigenvalue weighted by Gasteiger charge is -2.28. The molecule has 0 fully saturated rings. The second-order valence-corrected chi connectivity index (χ2v) is 43.7. The molecular formula is C58H76ClN5O2Si4. The van der Waals surface area contributed by atoms with Crippen LogP contribution >= 0.6 is 0 Å². The van der Waals surface area contributed by atoms with Gasteiger partial charge >= 0.3 is 5.96 Å². The molecule has 2 N–H and O–H groups in total. The van der Waals surface area contributed by atoms with Gasteiger partial charge in [0.25, 0.3) is 5.96 Å². The standard InChI is InChI=1S/C58H75N5O2Si4.ClH/c1-64-47-29-25-43(26-30-47)53-54(44-27-31-48(65-2)32-28-44)60-57(59-53)61-58-62(39-41-33-49(66(3,4)5)37-50(34-41)67(6,7)8)55(45-21-17-15-18-22-45)56(46-23-19-16-20-24-46)63(58)40-42-35-51(68(9,10)11)38-52(36-42)69(12,13)14;/h15-38,53-56H,39-40H2,1-14H3,(H,59,60);1H/t53-,54-,55-,56-;/m0./s1. The first-order valence-corrected chi connectivity index (χ1v) is 38.8. The maximum Gasteiger partial charge on any atom is 0.357 e. The monoisotopic (exact) mass is 1020 g/mol. The molecular weight excluding hydrogens is 946 g/mol. The van der Waals surface area contributed by atoms with Crippen LogP contribution in [0.2, 0.25) is 78.6 Å². The van der Waals surface area contributed by atoms with Crippen LogP contribution in [0, 0.1) is 0 Å². The Bertz CT molecular complexity index is 2750. The highest BCUT2D eigenvalue weighted by molar-refractivity contribution is 6.92. The second kappa shape index (κ2) is 20.9. The molecule has 0 saturated carbocycles. The van der Waals surface area contributed by atoms with Gasteiger partial charge in [0, 0.05) is 0 Å². The van der Waals surface area contributed by atoms with Crippen molar-refractivity contribution in [1.29, 1.82) is 0 Å². The molecule has 70 heavy (non-hydrogen) atoms. The van der Waals surface area contributed by atoms with Gasteiger partial charge in [0.05, 0.1) is 65.6 Å². The topological polar surface area (TPSA) is 61.1 Å². The van der Waals surface area contributed by atoms with Crippen molar-refractivity contribution in [3.05, 3.63) is 179 Å². The molecule has 6 aromatic rings. The Morgan fingerprint density at radius 2 is 0.957 bits per heavy atom. The molecule has 0 aromatic heterocycles. The summed E-state index contributed by atoms with van der Waals surface area (Å²) in [5.41, 5.74) is 7.53. The lowest BCUT2D eigenvalue weighted by atomic mass is 9.92. The fourth-order valence-corrected chi connectivity index (χ4v) is 14.9. The van der Waals surface area contributed by atoms with Gasteiger partial charge in [-0.05, 0) is 57.6 Å². The van der Waals surface area contributed by atoms with E-state index in [1.165, 1.54) is 43.0 Å². The zero-order chi connectivity index (χ0) is 49.5. The number of halogens is 1. The first-order chi connectivity index (χ1) is 32.6. The number of methoxy groups -OCH3 is 2. The van der Waals surface area contributed by atoms with Crippen LogP contribution in [0.1, 0.15) is 57.5 Å². The van der Waals surface area contributed by atoms with Gasteiger partial charge in [-0.3, -0.25) is 0 Å². The highest BCUT2D eigenvalue weighted by atomic mass is 35.5. The largest absolute Gasteiger partial charge is 1.00 e. The van der Waals surface area contributed by atoms with Gasteiger partial charge in [0.1, 0.15) is 29.6 Å². The number of ether oxygens (including phenoxy) is 2. The van der Waals surface area contributed by atoms with Crippen molar-refractivity contribution in [1.82, 2.24) is 15.5 Å². The average molecular weight is 1020 g/mol. The Kier molecular flexibility index (Phi) is 15.7. The fourth-order valence-electron chi connectivity index (χ4n) is 9.77. The minimum Gasteiger partial charge on any atom is -1.00 e. The third kappa shape index (κ3) is 11.8. The summed E-state index contributed by atoms with van der Waals surface area (Å²) < 4.78 is 13.9. The normalized spacial score (nSPS) is 18.5. The van der Waals surface area contributed by atoms with E-state index >= 15 is 0 Å². The van der Waals surface area contributed by atoms with E-state index in [2.05, 4.69) is 220 Å². The summed E-state index contributed by atoms with van der Waals surface area (Å²) >= 11 is 0.